The van der Waals surface area contributed by atoms with E-state index in [4.69, 9.17) is 11.3 Å². The van der Waals surface area contributed by atoms with E-state index < -0.39 is 33.5 Å². The number of hydrogen-bond donors (Lipinski definition) is 1. The van der Waals surface area contributed by atoms with Crippen LogP contribution in [0.15, 0.2) is 23.4 Å². The molecule has 0 radical (unpaired) electrons. The molecule has 6 heteroatoms. The van der Waals surface area contributed by atoms with Gasteiger partial charge in [-0.1, -0.05) is 46.3 Å². The molecule has 0 heterocycles. The number of nitrogens with zero attached hydrogens (tertiary/aromatic N) is 1. The van der Waals surface area contributed by atoms with Crippen molar-refractivity contribution in [2.75, 3.05) is 7.11 Å². The summed E-state index contributed by atoms with van der Waals surface area (Å²) in [6.07, 6.45) is 8.80. The van der Waals surface area contributed by atoms with Crippen LogP contribution in [0.3, 0.4) is 0 Å². The van der Waals surface area contributed by atoms with Crippen molar-refractivity contribution in [3.63, 3.8) is 0 Å². The molecule has 0 unspecified atom stereocenters. The highest BCUT2D eigenvalue weighted by Gasteiger charge is 2.71. The Bertz CT molecular complexity index is 1200. The van der Waals surface area contributed by atoms with Gasteiger partial charge >= 0.3 is 5.97 Å². The monoisotopic (exact) mass is 507 g/mol. The molecule has 0 amide bonds. The summed E-state index contributed by atoms with van der Waals surface area (Å²) in [4.78, 5) is 44.1. The van der Waals surface area contributed by atoms with Crippen LogP contribution >= 0.6 is 0 Å². The summed E-state index contributed by atoms with van der Waals surface area (Å²) in [5, 5.41) is 11.4. The van der Waals surface area contributed by atoms with E-state index in [1.54, 1.807) is 12.2 Å². The van der Waals surface area contributed by atoms with E-state index in [2.05, 4.69) is 32.5 Å². The number of esters is 1. The molecule has 6 nitrogen and oxygen atoms in total. The van der Waals surface area contributed by atoms with Crippen LogP contribution < -0.4 is 0 Å². The lowest BCUT2D eigenvalue weighted by Crippen LogP contribution is -2.66. The van der Waals surface area contributed by atoms with Crippen molar-refractivity contribution < 1.29 is 24.2 Å². The Hall–Kier alpha value is -2.26. The molecule has 200 valence electrons. The molecule has 0 aromatic heterocycles. The maximum atomic E-state index is 14.3. The van der Waals surface area contributed by atoms with E-state index in [0.717, 1.165) is 37.7 Å². The van der Waals surface area contributed by atoms with Gasteiger partial charge in [-0.05, 0) is 80.1 Å². The fraction of sp³-hybridized carbons (Fsp3) is 0.742. The minimum absolute atomic E-state index is 0.0327. The predicted octanol–water partition coefficient (Wildman–Crippen LogP) is 5.46. The fourth-order valence-electron chi connectivity index (χ4n) is 9.84. The van der Waals surface area contributed by atoms with Crippen molar-refractivity contribution in [2.45, 2.75) is 92.1 Å². The van der Waals surface area contributed by atoms with E-state index in [1.807, 2.05) is 6.92 Å². The zero-order valence-corrected chi connectivity index (χ0v) is 23.4. The van der Waals surface area contributed by atoms with Crippen molar-refractivity contribution in [1.82, 2.24) is 0 Å². The zero-order valence-electron chi connectivity index (χ0n) is 23.4. The Balaban J connectivity index is 1.71. The van der Waals surface area contributed by atoms with Gasteiger partial charge in [0.1, 0.15) is 5.60 Å². The van der Waals surface area contributed by atoms with Crippen LogP contribution in [0.2, 0.25) is 0 Å². The normalized spacial score (nSPS) is 48.2. The number of aliphatic hydroxyl groups is 1. The highest BCUT2D eigenvalue weighted by molar-refractivity contribution is 6.05. The van der Waals surface area contributed by atoms with Gasteiger partial charge in [-0.15, -0.1) is 0 Å². The molecular weight excluding hydrogens is 466 g/mol. The molecule has 0 aliphatic heterocycles. The van der Waals surface area contributed by atoms with Gasteiger partial charge in [-0.3, -0.25) is 9.59 Å². The molecular formula is C31H41NO5. The molecule has 0 spiro atoms. The lowest BCUT2D eigenvalue weighted by Gasteiger charge is -2.68. The summed E-state index contributed by atoms with van der Waals surface area (Å²) >= 11 is 0. The number of rotatable bonds is 1. The second-order valence-electron chi connectivity index (χ2n) is 14.3. The molecule has 8 atom stereocenters. The summed E-state index contributed by atoms with van der Waals surface area (Å²) in [5.41, 5.74) is -2.91. The Labute approximate surface area is 220 Å². The first-order valence-corrected chi connectivity index (χ1v) is 13.8. The van der Waals surface area contributed by atoms with Gasteiger partial charge in [0.2, 0.25) is 5.70 Å². The molecule has 5 aliphatic rings. The second-order valence-corrected chi connectivity index (χ2v) is 14.3. The summed E-state index contributed by atoms with van der Waals surface area (Å²) in [7, 11) is 1.46. The Morgan fingerprint density at radius 1 is 1.05 bits per heavy atom. The summed E-state index contributed by atoms with van der Waals surface area (Å²) < 4.78 is 5.38. The van der Waals surface area contributed by atoms with Crippen molar-refractivity contribution in [3.8, 4) is 0 Å². The molecule has 1 N–H and O–H groups in total. The molecule has 0 saturated heterocycles. The van der Waals surface area contributed by atoms with Gasteiger partial charge in [0, 0.05) is 17.3 Å². The fourth-order valence-corrected chi connectivity index (χ4v) is 9.84. The van der Waals surface area contributed by atoms with Crippen LogP contribution in [0, 0.1) is 51.4 Å². The van der Waals surface area contributed by atoms with Crippen LogP contribution in [0.5, 0.6) is 0 Å². The van der Waals surface area contributed by atoms with Gasteiger partial charge in [0.15, 0.2) is 11.6 Å². The van der Waals surface area contributed by atoms with Crippen LogP contribution in [-0.2, 0) is 19.1 Å². The summed E-state index contributed by atoms with van der Waals surface area (Å²) in [6.45, 7) is 20.1. The first-order valence-electron chi connectivity index (χ1n) is 13.8. The van der Waals surface area contributed by atoms with Crippen molar-refractivity contribution in [1.29, 1.82) is 0 Å². The minimum atomic E-state index is -1.66. The minimum Gasteiger partial charge on any atom is -0.469 e. The largest absolute Gasteiger partial charge is 0.469 e. The van der Waals surface area contributed by atoms with Gasteiger partial charge in [0.25, 0.3) is 0 Å². The van der Waals surface area contributed by atoms with E-state index >= 15 is 0 Å². The number of carbonyl (C=O) groups is 3. The summed E-state index contributed by atoms with van der Waals surface area (Å²) in [5.74, 6) is -1.46. The number of ketones is 2. The van der Waals surface area contributed by atoms with E-state index in [-0.39, 0.29) is 40.1 Å². The van der Waals surface area contributed by atoms with Crippen LogP contribution in [0.4, 0.5) is 0 Å². The highest BCUT2D eigenvalue weighted by atomic mass is 16.5. The maximum Gasteiger partial charge on any atom is 0.312 e. The molecule has 0 aromatic carbocycles. The molecule has 5 rings (SSSR count). The van der Waals surface area contributed by atoms with Crippen LogP contribution in [-0.4, -0.2) is 35.4 Å². The van der Waals surface area contributed by atoms with Crippen LogP contribution in [0.25, 0.3) is 4.85 Å². The lowest BCUT2D eigenvalue weighted by molar-refractivity contribution is -0.192. The number of allylic oxidation sites excluding steroid dienone is 3. The third-order valence-corrected chi connectivity index (χ3v) is 12.1. The number of hydrogen-bond acceptors (Lipinski definition) is 5. The first-order chi connectivity index (χ1) is 17.0. The van der Waals surface area contributed by atoms with E-state index in [9.17, 15) is 19.5 Å². The number of fused-ring (bicyclic) bond motifs is 7. The molecule has 0 bridgehead atoms. The smallest absolute Gasteiger partial charge is 0.312 e. The number of ether oxygens (including phenoxy) is 1. The quantitative estimate of drug-likeness (QED) is 0.376. The topological polar surface area (TPSA) is 85.0 Å². The second kappa shape index (κ2) is 7.65. The van der Waals surface area contributed by atoms with Crippen molar-refractivity contribution in [3.05, 3.63) is 34.8 Å². The first kappa shape index (κ1) is 26.4. The number of Topliss-reactive ketones (excluding diaryl/α,β-unsaturated/α-hetero) is 1. The van der Waals surface area contributed by atoms with E-state index in [0.29, 0.717) is 12.8 Å². The van der Waals surface area contributed by atoms with Gasteiger partial charge in [-0.2, -0.15) is 0 Å². The average molecular weight is 508 g/mol. The number of methoxy groups -OCH3 is 1. The van der Waals surface area contributed by atoms with Gasteiger partial charge in [0.05, 0.1) is 19.1 Å². The van der Waals surface area contributed by atoms with Crippen LogP contribution in [0.1, 0.15) is 86.5 Å². The third-order valence-electron chi connectivity index (χ3n) is 12.1. The SMILES string of the molecule is [C-]#[N+]C1=C[C@]2(C)C3=CC(=O)[C@@H]4[C@@H]5CC(C)(C)CC[C@]5(C(=O)OC)CC[C@@]4(C)[C@]3(C)CC[C@H]2[C@](C)(O)C1=O. The number of carbonyl (C=O) groups excluding carboxylic acids is 3. The Morgan fingerprint density at radius 3 is 2.32 bits per heavy atom. The summed E-state index contributed by atoms with van der Waals surface area (Å²) in [6, 6.07) is 0. The Kier molecular flexibility index (Phi) is 5.45. The predicted molar refractivity (Wildman–Crippen MR) is 139 cm³/mol. The highest BCUT2D eigenvalue weighted by Crippen LogP contribution is 2.74. The molecule has 5 aliphatic carbocycles. The third kappa shape index (κ3) is 3.10. The van der Waals surface area contributed by atoms with Crippen molar-refractivity contribution >= 4 is 17.5 Å². The zero-order chi connectivity index (χ0) is 27.4. The molecule has 3 saturated carbocycles. The standard InChI is InChI=1S/C31H41NO5/c1-26(2)11-13-31(25(35)37-8)14-12-29(5)23(18(31)16-26)20(33)15-22-27(3)17-19(32-7)24(34)30(6,36)21(27)9-10-28(22,29)4/h15,17-18,21,23,36H,9-14,16H2,1-6,8H3/t18-,21+,23-,27-,28+,29+,30-,31-/m0/s1. The van der Waals surface area contributed by atoms with Gasteiger partial charge in [-0.25, -0.2) is 4.85 Å². The lowest BCUT2D eigenvalue weighted by atomic mass is 9.34. The average Bonchev–Trinajstić information content (AvgIpc) is 2.82. The molecule has 3 fully saturated rings. The molecule has 0 aromatic rings. The molecule has 37 heavy (non-hydrogen) atoms. The maximum absolute atomic E-state index is 14.3. The van der Waals surface area contributed by atoms with E-state index in [1.165, 1.54) is 14.0 Å². The Morgan fingerprint density at radius 2 is 1.70 bits per heavy atom. The van der Waals surface area contributed by atoms with Gasteiger partial charge < -0.3 is 14.6 Å². The van der Waals surface area contributed by atoms with Crippen molar-refractivity contribution in [2.24, 2.45) is 44.8 Å².